The van der Waals surface area contributed by atoms with Crippen LogP contribution in [0.2, 0.25) is 0 Å². The van der Waals surface area contributed by atoms with Gasteiger partial charge in [-0.3, -0.25) is 0 Å². The number of hydrogen-bond acceptors (Lipinski definition) is 4. The highest BCUT2D eigenvalue weighted by Crippen LogP contribution is 2.26. The van der Waals surface area contributed by atoms with Crippen LogP contribution in [0.15, 0.2) is 54.7 Å². The van der Waals surface area contributed by atoms with Gasteiger partial charge in [0.15, 0.2) is 0 Å². The Hall–Kier alpha value is -2.31. The molecule has 0 aliphatic carbocycles. The van der Waals surface area contributed by atoms with Gasteiger partial charge in [0.2, 0.25) is 0 Å². The van der Waals surface area contributed by atoms with Crippen molar-refractivity contribution in [3.8, 4) is 22.7 Å². The van der Waals surface area contributed by atoms with Crippen LogP contribution in [-0.2, 0) is 6.54 Å². The van der Waals surface area contributed by atoms with E-state index in [1.807, 2.05) is 36.5 Å². The van der Waals surface area contributed by atoms with Crippen molar-refractivity contribution in [1.29, 1.82) is 0 Å². The fraction of sp³-hybridized carbons (Fsp3) is 0.250. The van der Waals surface area contributed by atoms with Gasteiger partial charge in [-0.1, -0.05) is 12.1 Å². The largest absolute Gasteiger partial charge is 0.497 e. The first kappa shape index (κ1) is 18.5. The maximum Gasteiger partial charge on any atom is 0.148 e. The molecule has 1 N–H and O–H groups in total. The summed E-state index contributed by atoms with van der Waals surface area (Å²) in [4.78, 5) is 0. The minimum atomic E-state index is -0.293. The smallest absolute Gasteiger partial charge is 0.148 e. The van der Waals surface area contributed by atoms with Crippen LogP contribution < -0.4 is 10.1 Å². The number of benzene rings is 2. The number of methoxy groups -OCH3 is 1. The number of thioether (sulfide) groups is 1. The van der Waals surface area contributed by atoms with E-state index in [1.165, 1.54) is 6.07 Å². The molecule has 2 aromatic carbocycles. The van der Waals surface area contributed by atoms with E-state index in [1.54, 1.807) is 35.7 Å². The lowest BCUT2D eigenvalue weighted by Crippen LogP contribution is -2.16. The van der Waals surface area contributed by atoms with Gasteiger partial charge >= 0.3 is 0 Å². The van der Waals surface area contributed by atoms with Crippen LogP contribution in [0.3, 0.4) is 0 Å². The minimum absolute atomic E-state index is 0.293. The zero-order valence-electron chi connectivity index (χ0n) is 14.9. The van der Waals surface area contributed by atoms with E-state index >= 15 is 0 Å². The van der Waals surface area contributed by atoms with Crippen molar-refractivity contribution in [2.75, 3.05) is 25.7 Å². The molecule has 0 aliphatic heterocycles. The van der Waals surface area contributed by atoms with Gasteiger partial charge in [-0.25, -0.2) is 9.07 Å². The van der Waals surface area contributed by atoms with Gasteiger partial charge < -0.3 is 10.1 Å². The van der Waals surface area contributed by atoms with E-state index in [0.29, 0.717) is 12.2 Å². The molecule has 3 rings (SSSR count). The summed E-state index contributed by atoms with van der Waals surface area (Å²) in [6, 6.07) is 14.4. The highest BCUT2D eigenvalue weighted by atomic mass is 32.2. The van der Waals surface area contributed by atoms with Crippen LogP contribution in [0.25, 0.3) is 16.9 Å². The van der Waals surface area contributed by atoms with Crippen molar-refractivity contribution in [2.24, 2.45) is 0 Å². The maximum atomic E-state index is 14.2. The van der Waals surface area contributed by atoms with E-state index in [2.05, 4.69) is 16.7 Å². The summed E-state index contributed by atoms with van der Waals surface area (Å²) in [5.74, 6) is 1.54. The molecule has 4 nitrogen and oxygen atoms in total. The Morgan fingerprint density at radius 3 is 2.62 bits per heavy atom. The van der Waals surface area contributed by atoms with Crippen molar-refractivity contribution in [3.63, 3.8) is 0 Å². The number of ether oxygens (including phenoxy) is 1. The Bertz CT molecular complexity index is 849. The second-order valence-corrected chi connectivity index (χ2v) is 6.78. The molecule has 0 radical (unpaired) electrons. The number of aromatic nitrogens is 2. The number of hydrogen-bond donors (Lipinski definition) is 1. The molecule has 0 unspecified atom stereocenters. The van der Waals surface area contributed by atoms with Crippen molar-refractivity contribution >= 4 is 11.8 Å². The lowest BCUT2D eigenvalue weighted by atomic mass is 10.1. The van der Waals surface area contributed by atoms with Crippen molar-refractivity contribution < 1.29 is 9.13 Å². The Kier molecular flexibility index (Phi) is 6.30. The third kappa shape index (κ3) is 4.26. The summed E-state index contributed by atoms with van der Waals surface area (Å²) < 4.78 is 21.0. The van der Waals surface area contributed by atoms with E-state index < -0.39 is 0 Å². The molecule has 0 fully saturated rings. The molecular formula is C20H22FN3OS. The lowest BCUT2D eigenvalue weighted by molar-refractivity contribution is 0.415. The number of nitrogens with one attached hydrogen (secondary N) is 1. The zero-order valence-corrected chi connectivity index (χ0v) is 15.7. The molecule has 0 aliphatic rings. The molecule has 1 aromatic heterocycles. The highest BCUT2D eigenvalue weighted by molar-refractivity contribution is 7.98. The molecule has 0 atom stereocenters. The normalized spacial score (nSPS) is 10.9. The van der Waals surface area contributed by atoms with Gasteiger partial charge in [-0.2, -0.15) is 16.9 Å². The molecule has 3 aromatic rings. The van der Waals surface area contributed by atoms with Gasteiger partial charge in [0.1, 0.15) is 17.3 Å². The molecule has 6 heteroatoms. The molecule has 0 saturated carbocycles. The summed E-state index contributed by atoms with van der Waals surface area (Å²) in [5, 5.41) is 8.08. The predicted molar refractivity (Wildman–Crippen MR) is 106 cm³/mol. The van der Waals surface area contributed by atoms with Gasteiger partial charge in [-0.05, 0) is 42.7 Å². The van der Waals surface area contributed by atoms with Gasteiger partial charge in [0, 0.05) is 36.2 Å². The Balaban J connectivity index is 1.95. The SMILES string of the molecule is COc1ccc(-c2nn(-c3ccccc3F)cc2CNCCSC)cc1. The standard InChI is InChI=1S/C20H22FN3OS/c1-25-17-9-7-15(8-10-17)20-16(13-22-11-12-26-2)14-24(23-20)19-6-4-3-5-18(19)21/h3-10,14,22H,11-13H2,1-2H3. The molecular weight excluding hydrogens is 349 g/mol. The van der Waals surface area contributed by atoms with Crippen LogP contribution in [0, 0.1) is 5.82 Å². The van der Waals surface area contributed by atoms with E-state index in [-0.39, 0.29) is 5.82 Å². The Morgan fingerprint density at radius 2 is 1.92 bits per heavy atom. The fourth-order valence-corrected chi connectivity index (χ4v) is 3.04. The van der Waals surface area contributed by atoms with Crippen LogP contribution in [0.4, 0.5) is 4.39 Å². The summed E-state index contributed by atoms with van der Waals surface area (Å²) >= 11 is 1.80. The van der Waals surface area contributed by atoms with Crippen LogP contribution >= 0.6 is 11.8 Å². The topological polar surface area (TPSA) is 39.1 Å². The molecule has 26 heavy (non-hydrogen) atoms. The first-order chi connectivity index (χ1) is 12.7. The molecule has 0 spiro atoms. The maximum absolute atomic E-state index is 14.2. The Labute approximate surface area is 157 Å². The third-order valence-corrected chi connectivity index (χ3v) is 4.66. The van der Waals surface area contributed by atoms with Gasteiger partial charge in [-0.15, -0.1) is 0 Å². The van der Waals surface area contributed by atoms with Crippen molar-refractivity contribution in [2.45, 2.75) is 6.54 Å². The first-order valence-corrected chi connectivity index (χ1v) is 9.80. The second-order valence-electron chi connectivity index (χ2n) is 5.80. The van der Waals surface area contributed by atoms with Gasteiger partial charge in [0.25, 0.3) is 0 Å². The zero-order chi connectivity index (χ0) is 18.4. The molecule has 136 valence electrons. The molecule has 0 saturated heterocycles. The van der Waals surface area contributed by atoms with Crippen LogP contribution in [0.1, 0.15) is 5.56 Å². The second kappa shape index (κ2) is 8.87. The number of halogens is 1. The average molecular weight is 371 g/mol. The first-order valence-electron chi connectivity index (χ1n) is 8.40. The number of para-hydroxylation sites is 1. The summed E-state index contributed by atoms with van der Waals surface area (Å²) in [6.07, 6.45) is 3.98. The monoisotopic (exact) mass is 371 g/mol. The van der Waals surface area contributed by atoms with Crippen LogP contribution in [-0.4, -0.2) is 35.4 Å². The molecule has 0 amide bonds. The van der Waals surface area contributed by atoms with Crippen molar-refractivity contribution in [3.05, 3.63) is 66.1 Å². The molecule has 1 heterocycles. The summed E-state index contributed by atoms with van der Waals surface area (Å²) in [5.41, 5.74) is 3.28. The summed E-state index contributed by atoms with van der Waals surface area (Å²) in [6.45, 7) is 1.59. The highest BCUT2D eigenvalue weighted by Gasteiger charge is 2.14. The summed E-state index contributed by atoms with van der Waals surface area (Å²) in [7, 11) is 1.64. The fourth-order valence-electron chi connectivity index (χ4n) is 2.69. The molecule has 0 bridgehead atoms. The Morgan fingerprint density at radius 1 is 1.15 bits per heavy atom. The van der Waals surface area contributed by atoms with Crippen molar-refractivity contribution in [1.82, 2.24) is 15.1 Å². The number of rotatable bonds is 8. The van der Waals surface area contributed by atoms with E-state index in [0.717, 1.165) is 34.9 Å². The van der Waals surface area contributed by atoms with E-state index in [4.69, 9.17) is 4.74 Å². The predicted octanol–water partition coefficient (Wildman–Crippen LogP) is 4.14. The number of nitrogens with zero attached hydrogens (tertiary/aromatic N) is 2. The lowest BCUT2D eigenvalue weighted by Gasteiger charge is -2.05. The quantitative estimate of drug-likeness (QED) is 0.604. The van der Waals surface area contributed by atoms with Gasteiger partial charge in [0.05, 0.1) is 12.8 Å². The minimum Gasteiger partial charge on any atom is -0.497 e. The van der Waals surface area contributed by atoms with E-state index in [9.17, 15) is 4.39 Å². The third-order valence-electron chi connectivity index (χ3n) is 4.05. The average Bonchev–Trinajstić information content (AvgIpc) is 3.09. The van der Waals surface area contributed by atoms with Crippen LogP contribution in [0.5, 0.6) is 5.75 Å².